The molecule has 0 heterocycles. The third-order valence-electron chi connectivity index (χ3n) is 1.37. The van der Waals surface area contributed by atoms with Gasteiger partial charge in [0, 0.05) is 14.8 Å². The first-order chi connectivity index (χ1) is 5.74. The van der Waals surface area contributed by atoms with Crippen molar-refractivity contribution in [3.05, 3.63) is 35.1 Å². The molecule has 0 aliphatic rings. The van der Waals surface area contributed by atoms with Crippen LogP contribution in [0.2, 0.25) is 0 Å². The smallest absolute Gasteiger partial charge is 0.0456 e. The molecule has 12 heavy (non-hydrogen) atoms. The minimum atomic E-state index is 0.817. The number of hydrogen-bond acceptors (Lipinski definition) is 3. The molecule has 0 aliphatic carbocycles. The first kappa shape index (κ1) is 9.55. The number of anilines is 1. The number of nitrogen functional groups attached to an aromatic ring is 1. The van der Waals surface area contributed by atoms with Crippen LogP contribution < -0.4 is 5.73 Å². The monoisotopic (exact) mass is 197 g/mol. The Bertz CT molecular complexity index is 284. The second kappa shape index (κ2) is 4.48. The van der Waals surface area contributed by atoms with Crippen LogP contribution in [0.5, 0.6) is 0 Å². The van der Waals surface area contributed by atoms with Crippen molar-refractivity contribution in [1.82, 2.24) is 0 Å². The van der Waals surface area contributed by atoms with Crippen LogP contribution in [0.4, 0.5) is 5.69 Å². The second-order valence-electron chi connectivity index (χ2n) is 2.22. The summed E-state index contributed by atoms with van der Waals surface area (Å²) in [5.41, 5.74) is 6.57. The largest absolute Gasteiger partial charge is 0.398 e. The van der Waals surface area contributed by atoms with E-state index in [0.29, 0.717) is 0 Å². The lowest BCUT2D eigenvalue weighted by Crippen LogP contribution is -1.86. The van der Waals surface area contributed by atoms with E-state index in [1.165, 1.54) is 0 Å². The molecular formula is C9H11NS2. The number of para-hydroxylation sites is 1. The third-order valence-corrected chi connectivity index (χ3v) is 3.40. The van der Waals surface area contributed by atoms with Crippen molar-refractivity contribution < 1.29 is 0 Å². The summed E-state index contributed by atoms with van der Waals surface area (Å²) in [4.78, 5) is 1.08. The maximum absolute atomic E-state index is 5.75. The Balaban J connectivity index is 2.75. The highest BCUT2D eigenvalue weighted by Gasteiger charge is 1.99. The van der Waals surface area contributed by atoms with Crippen molar-refractivity contribution in [2.75, 3.05) is 12.0 Å². The SMILES string of the molecule is C=C(SC)Sc1ccccc1N. The zero-order chi connectivity index (χ0) is 8.97. The van der Waals surface area contributed by atoms with Gasteiger partial charge in [0.1, 0.15) is 0 Å². The number of nitrogens with two attached hydrogens (primary N) is 1. The van der Waals surface area contributed by atoms with E-state index in [2.05, 4.69) is 6.58 Å². The molecule has 1 aromatic carbocycles. The first-order valence-corrected chi connectivity index (χ1v) is 5.53. The Morgan fingerprint density at radius 3 is 2.67 bits per heavy atom. The standard InChI is InChI=1S/C9H11NS2/c1-7(11-2)12-9-6-4-3-5-8(9)10/h3-6H,1,10H2,2H3. The Morgan fingerprint density at radius 1 is 1.42 bits per heavy atom. The third kappa shape index (κ3) is 2.50. The first-order valence-electron chi connectivity index (χ1n) is 3.49. The fourth-order valence-electron chi connectivity index (χ4n) is 0.738. The van der Waals surface area contributed by atoms with Crippen molar-refractivity contribution in [3.63, 3.8) is 0 Å². The maximum atomic E-state index is 5.75. The van der Waals surface area contributed by atoms with E-state index in [9.17, 15) is 0 Å². The van der Waals surface area contributed by atoms with E-state index in [4.69, 9.17) is 5.73 Å². The topological polar surface area (TPSA) is 26.0 Å². The van der Waals surface area contributed by atoms with Crippen LogP contribution in [0.3, 0.4) is 0 Å². The molecule has 0 amide bonds. The van der Waals surface area contributed by atoms with Gasteiger partial charge in [0.05, 0.1) is 0 Å². The van der Waals surface area contributed by atoms with Crippen LogP contribution in [-0.4, -0.2) is 6.26 Å². The maximum Gasteiger partial charge on any atom is 0.0456 e. The van der Waals surface area contributed by atoms with E-state index in [0.717, 1.165) is 14.8 Å². The molecule has 0 saturated heterocycles. The molecule has 0 saturated carbocycles. The summed E-state index contributed by atoms with van der Waals surface area (Å²) in [6.45, 7) is 3.88. The summed E-state index contributed by atoms with van der Waals surface area (Å²) >= 11 is 3.25. The average Bonchev–Trinajstić information content (AvgIpc) is 2.09. The normalized spacial score (nSPS) is 9.75. The van der Waals surface area contributed by atoms with Gasteiger partial charge in [0.25, 0.3) is 0 Å². The molecule has 1 nitrogen and oxygen atoms in total. The number of hydrogen-bond donors (Lipinski definition) is 1. The van der Waals surface area contributed by atoms with Crippen LogP contribution in [0, 0.1) is 0 Å². The predicted molar refractivity (Wildman–Crippen MR) is 59.4 cm³/mol. The van der Waals surface area contributed by atoms with Gasteiger partial charge in [0.2, 0.25) is 0 Å². The Hall–Kier alpha value is -0.540. The quantitative estimate of drug-likeness (QED) is 0.595. The molecule has 0 unspecified atom stereocenters. The summed E-state index contributed by atoms with van der Waals surface area (Å²) in [5, 5.41) is 0. The summed E-state index contributed by atoms with van der Waals surface area (Å²) < 4.78 is 1.06. The van der Waals surface area contributed by atoms with Gasteiger partial charge in [-0.3, -0.25) is 0 Å². The van der Waals surface area contributed by atoms with Crippen molar-refractivity contribution >= 4 is 29.2 Å². The van der Waals surface area contributed by atoms with Crippen LogP contribution in [0.15, 0.2) is 40.0 Å². The molecule has 1 rings (SSSR count). The van der Waals surface area contributed by atoms with Gasteiger partial charge in [-0.2, -0.15) is 0 Å². The van der Waals surface area contributed by atoms with Crippen LogP contribution >= 0.6 is 23.5 Å². The molecule has 0 atom stereocenters. The molecule has 0 aromatic heterocycles. The molecule has 0 bridgehead atoms. The Morgan fingerprint density at radius 2 is 2.08 bits per heavy atom. The van der Waals surface area contributed by atoms with E-state index in [1.807, 2.05) is 30.5 Å². The summed E-state index contributed by atoms with van der Waals surface area (Å²) in [6.07, 6.45) is 2.01. The van der Waals surface area contributed by atoms with Gasteiger partial charge < -0.3 is 5.73 Å². The number of thioether (sulfide) groups is 2. The summed E-state index contributed by atoms with van der Waals surface area (Å²) in [7, 11) is 0. The second-order valence-corrected chi connectivity index (χ2v) is 4.51. The average molecular weight is 197 g/mol. The lowest BCUT2D eigenvalue weighted by molar-refractivity contribution is 1.47. The van der Waals surface area contributed by atoms with Crippen molar-refractivity contribution in [2.24, 2.45) is 0 Å². The molecule has 0 spiro atoms. The van der Waals surface area contributed by atoms with Gasteiger partial charge in [-0.25, -0.2) is 0 Å². The zero-order valence-electron chi connectivity index (χ0n) is 6.91. The molecule has 0 radical (unpaired) electrons. The highest BCUT2D eigenvalue weighted by atomic mass is 32.2. The fraction of sp³-hybridized carbons (Fsp3) is 0.111. The molecule has 0 aliphatic heterocycles. The van der Waals surface area contributed by atoms with E-state index >= 15 is 0 Å². The van der Waals surface area contributed by atoms with Gasteiger partial charge in [-0.05, 0) is 18.4 Å². The Kier molecular flexibility index (Phi) is 3.56. The zero-order valence-corrected chi connectivity index (χ0v) is 8.54. The number of rotatable bonds is 3. The van der Waals surface area contributed by atoms with Crippen molar-refractivity contribution in [2.45, 2.75) is 4.90 Å². The highest BCUT2D eigenvalue weighted by molar-refractivity contribution is 8.22. The minimum Gasteiger partial charge on any atom is -0.398 e. The highest BCUT2D eigenvalue weighted by Crippen LogP contribution is 2.34. The van der Waals surface area contributed by atoms with Gasteiger partial charge in [-0.15, -0.1) is 11.8 Å². The van der Waals surface area contributed by atoms with Gasteiger partial charge in [-0.1, -0.05) is 30.5 Å². The molecule has 0 fully saturated rings. The van der Waals surface area contributed by atoms with Crippen molar-refractivity contribution in [3.8, 4) is 0 Å². The predicted octanol–water partition coefficient (Wildman–Crippen LogP) is 3.20. The van der Waals surface area contributed by atoms with E-state index < -0.39 is 0 Å². The van der Waals surface area contributed by atoms with Crippen LogP contribution in [0.1, 0.15) is 0 Å². The lowest BCUT2D eigenvalue weighted by Gasteiger charge is -2.04. The van der Waals surface area contributed by atoms with Crippen LogP contribution in [-0.2, 0) is 0 Å². The summed E-state index contributed by atoms with van der Waals surface area (Å²) in [6, 6.07) is 7.81. The minimum absolute atomic E-state index is 0.817. The molecule has 3 heteroatoms. The van der Waals surface area contributed by atoms with E-state index in [-0.39, 0.29) is 0 Å². The molecule has 1 aromatic rings. The molecule has 64 valence electrons. The lowest BCUT2D eigenvalue weighted by atomic mass is 10.3. The fourth-order valence-corrected chi connectivity index (χ4v) is 1.92. The number of benzene rings is 1. The Labute approximate surface area is 81.4 Å². The molecule has 2 N–H and O–H groups in total. The van der Waals surface area contributed by atoms with Crippen molar-refractivity contribution in [1.29, 1.82) is 0 Å². The van der Waals surface area contributed by atoms with E-state index in [1.54, 1.807) is 23.5 Å². The summed E-state index contributed by atoms with van der Waals surface area (Å²) in [5.74, 6) is 0. The van der Waals surface area contributed by atoms with Gasteiger partial charge in [0.15, 0.2) is 0 Å². The van der Waals surface area contributed by atoms with Crippen LogP contribution in [0.25, 0.3) is 0 Å². The van der Waals surface area contributed by atoms with Gasteiger partial charge >= 0.3 is 0 Å². The molecular weight excluding hydrogens is 186 g/mol.